The summed E-state index contributed by atoms with van der Waals surface area (Å²) >= 11 is 0. The summed E-state index contributed by atoms with van der Waals surface area (Å²) < 4.78 is 98.2. The highest BCUT2D eigenvalue weighted by molar-refractivity contribution is 7.91. The van der Waals surface area contributed by atoms with E-state index in [1.165, 1.54) is 36.4 Å². The second kappa shape index (κ2) is 26.7. The largest absolute Gasteiger partial charge is 0.490 e. The van der Waals surface area contributed by atoms with Crippen LogP contribution in [0.5, 0.6) is 0 Å². The fraction of sp³-hybridized carbons (Fsp3) is 0.404. The molecule has 21 heteroatoms. The molecule has 2 heterocycles. The maximum absolute atomic E-state index is 14.0. The Labute approximate surface area is 450 Å². The van der Waals surface area contributed by atoms with Gasteiger partial charge in [0.05, 0.1) is 48.0 Å². The van der Waals surface area contributed by atoms with Crippen LogP contribution in [0.25, 0.3) is 0 Å². The number of hydrogen-bond donors (Lipinski definition) is 5. The number of β-lactam (4-membered cyclic amide) rings is 1. The highest BCUT2D eigenvalue weighted by Gasteiger charge is 2.50. The number of sulfone groups is 1. The van der Waals surface area contributed by atoms with E-state index in [0.717, 1.165) is 29.7 Å². The molecule has 0 aliphatic carbocycles. The standard InChI is InChI=1S/C55H64F2N4O9S.C2HF3O2/c1-5-7-26-55(6-2)35-71(67,68)48-25-22-44(60(3)4)31-46(48)51(53(55)65)38-11-9-13-42(30-38)59-50(64)34-70-28-27-69-33-49(63)58-32-36-10-8-12-39(29-36)52-45(23-24-47(62)37-14-16-40(56)17-15-37)54(66)61(52)43-20-18-41(57)19-21-43;3-2(4,5)1(6)7/h8-22,25,29-31,45,47,51-53,62,65H,5-7,23-24,26-28,32-35H2,1-4H3,(H,58,63)(H,59,64);(H,6,7). The lowest BCUT2D eigenvalue weighted by molar-refractivity contribution is -0.192. The fourth-order valence-electron chi connectivity index (χ4n) is 9.89. The summed E-state index contributed by atoms with van der Waals surface area (Å²) in [5, 5.41) is 36.0. The van der Waals surface area contributed by atoms with Crippen LogP contribution in [-0.4, -0.2) is 106 Å². The van der Waals surface area contributed by atoms with Crippen LogP contribution in [0.2, 0.25) is 0 Å². The predicted molar refractivity (Wildman–Crippen MR) is 282 cm³/mol. The van der Waals surface area contributed by atoms with E-state index in [1.54, 1.807) is 47.4 Å². The van der Waals surface area contributed by atoms with E-state index in [9.17, 15) is 55.0 Å². The van der Waals surface area contributed by atoms with Crippen molar-refractivity contribution in [2.75, 3.05) is 61.4 Å². The second-order valence-corrected chi connectivity index (χ2v) is 21.6. The Balaban J connectivity index is 0.00000131. The highest BCUT2D eigenvalue weighted by Crippen LogP contribution is 2.50. The van der Waals surface area contributed by atoms with E-state index in [4.69, 9.17) is 19.4 Å². The maximum atomic E-state index is 14.0. The van der Waals surface area contributed by atoms with Crippen LogP contribution in [0.4, 0.5) is 39.0 Å². The summed E-state index contributed by atoms with van der Waals surface area (Å²) in [6.45, 7) is 3.65. The number of hydrogen-bond acceptors (Lipinski definition) is 11. The number of nitrogens with zero attached hydrogens (tertiary/aromatic N) is 2. The van der Waals surface area contributed by atoms with Gasteiger partial charge < -0.3 is 45.2 Å². The van der Waals surface area contributed by atoms with E-state index in [1.807, 2.05) is 69.2 Å². The second-order valence-electron chi connectivity index (χ2n) is 19.6. The predicted octanol–water partition coefficient (Wildman–Crippen LogP) is 9.04. The Hall–Kier alpha value is -6.78. The van der Waals surface area contributed by atoms with Gasteiger partial charge in [0.2, 0.25) is 17.7 Å². The minimum Gasteiger partial charge on any atom is -0.475 e. The molecule has 5 aromatic rings. The molecule has 0 saturated carbocycles. The Kier molecular flexibility index (Phi) is 20.7. The molecule has 0 radical (unpaired) electrons. The number of aliphatic carboxylic acids is 1. The highest BCUT2D eigenvalue weighted by atomic mass is 32.2. The SMILES string of the molecule is CCCCC1(CC)CS(=O)(=O)c2ccc(N(C)C)cc2C(c2cccc(NC(=O)COCCOCC(=O)NCc3cccc(C4C(CCC(O)c5ccc(F)cc5)C(=O)N4c4ccc(F)cc4)c3)c2)C1O.O=C(O)C(F)(F)F. The summed E-state index contributed by atoms with van der Waals surface area (Å²) in [6.07, 6.45) is -3.76. The van der Waals surface area contributed by atoms with Crippen molar-refractivity contribution in [2.45, 2.75) is 94.2 Å². The number of nitrogens with one attached hydrogen (secondary N) is 2. The molecule has 0 spiro atoms. The Morgan fingerprint density at radius 2 is 1.46 bits per heavy atom. The van der Waals surface area contributed by atoms with Gasteiger partial charge in [-0.3, -0.25) is 14.4 Å². The van der Waals surface area contributed by atoms with E-state index in [-0.39, 0.29) is 61.9 Å². The molecule has 2 aliphatic rings. The normalized spacial score (nSPS) is 20.0. The van der Waals surface area contributed by atoms with Gasteiger partial charge in [-0.15, -0.1) is 0 Å². The molecular formula is C57H65F5N4O11S. The Morgan fingerprint density at radius 3 is 2.08 bits per heavy atom. The van der Waals surface area contributed by atoms with Gasteiger partial charge in [-0.2, -0.15) is 13.2 Å². The number of carbonyl (C=O) groups is 4. The first-order chi connectivity index (χ1) is 37.0. The molecule has 78 heavy (non-hydrogen) atoms. The molecule has 0 bridgehead atoms. The lowest BCUT2D eigenvalue weighted by atomic mass is 9.69. The van der Waals surface area contributed by atoms with Crippen molar-refractivity contribution >= 4 is 50.6 Å². The summed E-state index contributed by atoms with van der Waals surface area (Å²) in [7, 11) is -0.0108. The summed E-state index contributed by atoms with van der Waals surface area (Å²) in [5.74, 6) is -5.93. The van der Waals surface area contributed by atoms with Crippen LogP contribution in [0.3, 0.4) is 0 Å². The summed E-state index contributed by atoms with van der Waals surface area (Å²) in [4.78, 5) is 52.0. The first-order valence-electron chi connectivity index (χ1n) is 25.4. The molecule has 1 saturated heterocycles. The zero-order valence-electron chi connectivity index (χ0n) is 43.6. The molecule has 420 valence electrons. The number of aliphatic hydroxyl groups is 2. The van der Waals surface area contributed by atoms with Gasteiger partial charge in [0.15, 0.2) is 9.84 Å². The molecule has 5 aromatic carbocycles. The third kappa shape index (κ3) is 15.3. The molecule has 6 unspecified atom stereocenters. The minimum absolute atomic E-state index is 0.0279. The van der Waals surface area contributed by atoms with Gasteiger partial charge in [0.1, 0.15) is 24.8 Å². The first-order valence-corrected chi connectivity index (χ1v) is 27.1. The average Bonchev–Trinajstić information content (AvgIpc) is 3.64. The average molecular weight is 1110 g/mol. The zero-order valence-corrected chi connectivity index (χ0v) is 44.5. The van der Waals surface area contributed by atoms with Crippen molar-refractivity contribution in [3.05, 3.63) is 155 Å². The van der Waals surface area contributed by atoms with E-state index in [0.29, 0.717) is 47.3 Å². The van der Waals surface area contributed by atoms with Crippen LogP contribution in [0.1, 0.15) is 98.3 Å². The number of carboxylic acid groups (broad SMARTS) is 1. The number of alkyl halides is 3. The maximum Gasteiger partial charge on any atom is 0.490 e. The molecule has 0 aromatic heterocycles. The first kappa shape index (κ1) is 60.4. The third-order valence-electron chi connectivity index (χ3n) is 14.1. The summed E-state index contributed by atoms with van der Waals surface area (Å²) in [5.41, 5.74) is 4.20. The topological polar surface area (TPSA) is 212 Å². The van der Waals surface area contributed by atoms with E-state index in [2.05, 4.69) is 10.6 Å². The monoisotopic (exact) mass is 1110 g/mol. The number of carbonyl (C=O) groups excluding carboxylic acids is 3. The van der Waals surface area contributed by atoms with Gasteiger partial charge in [0, 0.05) is 49.0 Å². The van der Waals surface area contributed by atoms with Gasteiger partial charge in [0.25, 0.3) is 0 Å². The molecular weight excluding hydrogens is 1040 g/mol. The number of ether oxygens (including phenoxy) is 2. The number of aliphatic hydroxyl groups excluding tert-OH is 2. The van der Waals surface area contributed by atoms with Crippen molar-refractivity contribution in [2.24, 2.45) is 11.3 Å². The lowest BCUT2D eigenvalue weighted by Crippen LogP contribution is -2.55. The van der Waals surface area contributed by atoms with Gasteiger partial charge in [-0.05, 0) is 120 Å². The number of benzene rings is 5. The van der Waals surface area contributed by atoms with Crippen LogP contribution >= 0.6 is 0 Å². The molecule has 2 aliphatic heterocycles. The molecule has 15 nitrogen and oxygen atoms in total. The molecule has 5 N–H and O–H groups in total. The molecule has 7 rings (SSSR count). The minimum atomic E-state index is -5.08. The number of amides is 3. The fourth-order valence-corrected chi connectivity index (χ4v) is 12.1. The third-order valence-corrected chi connectivity index (χ3v) is 16.0. The quantitative estimate of drug-likeness (QED) is 0.0250. The molecule has 6 atom stereocenters. The van der Waals surface area contributed by atoms with Crippen molar-refractivity contribution in [3.8, 4) is 0 Å². The lowest BCUT2D eigenvalue weighted by Gasteiger charge is -2.48. The molecule has 1 fully saturated rings. The number of halogens is 5. The van der Waals surface area contributed by atoms with Gasteiger partial charge in [-0.25, -0.2) is 22.0 Å². The van der Waals surface area contributed by atoms with Crippen molar-refractivity contribution in [3.63, 3.8) is 0 Å². The number of carboxylic acids is 1. The van der Waals surface area contributed by atoms with Gasteiger partial charge >= 0.3 is 12.1 Å². The number of unbranched alkanes of at least 4 members (excludes halogenated alkanes) is 1. The van der Waals surface area contributed by atoms with E-state index < -0.39 is 75.0 Å². The van der Waals surface area contributed by atoms with Crippen LogP contribution in [0, 0.1) is 23.0 Å². The number of anilines is 3. The summed E-state index contributed by atoms with van der Waals surface area (Å²) in [6, 6.07) is 30.7. The molecule has 3 amide bonds. The number of fused-ring (bicyclic) bond motifs is 1. The zero-order chi connectivity index (χ0) is 57.0. The number of rotatable bonds is 22. The Morgan fingerprint density at radius 1 is 0.846 bits per heavy atom. The van der Waals surface area contributed by atoms with Crippen molar-refractivity contribution < 1.29 is 74.3 Å². The van der Waals surface area contributed by atoms with Crippen molar-refractivity contribution in [1.29, 1.82) is 0 Å². The van der Waals surface area contributed by atoms with Crippen LogP contribution < -0.4 is 20.4 Å². The Bertz CT molecular complexity index is 2980. The van der Waals surface area contributed by atoms with Crippen molar-refractivity contribution in [1.82, 2.24) is 5.32 Å². The van der Waals surface area contributed by atoms with Gasteiger partial charge in [-0.1, -0.05) is 75.2 Å². The van der Waals surface area contributed by atoms with E-state index >= 15 is 0 Å². The smallest absolute Gasteiger partial charge is 0.475 e. The van der Waals surface area contributed by atoms with Crippen LogP contribution in [0.15, 0.2) is 120 Å². The van der Waals surface area contributed by atoms with Crippen LogP contribution in [-0.2, 0) is 45.0 Å².